The van der Waals surface area contributed by atoms with Crippen LogP contribution in [0.5, 0.6) is 0 Å². The summed E-state index contributed by atoms with van der Waals surface area (Å²) in [5.74, 6) is 0.613. The summed E-state index contributed by atoms with van der Waals surface area (Å²) in [6.07, 6.45) is 5.02. The number of nitrogens with zero attached hydrogens (tertiary/aromatic N) is 2. The summed E-state index contributed by atoms with van der Waals surface area (Å²) in [5.41, 5.74) is 2.82. The number of nitrogens with one attached hydrogen (secondary N) is 1. The highest BCUT2D eigenvalue weighted by Gasteiger charge is 2.31. The Labute approximate surface area is 118 Å². The smallest absolute Gasteiger partial charge is 0.263 e. The van der Waals surface area contributed by atoms with Crippen molar-refractivity contribution in [1.29, 1.82) is 0 Å². The second-order valence-electron chi connectivity index (χ2n) is 5.46. The maximum absolute atomic E-state index is 12.2. The van der Waals surface area contributed by atoms with Crippen molar-refractivity contribution >= 4 is 17.2 Å². The third-order valence-corrected chi connectivity index (χ3v) is 4.76. The number of carbonyl (C=O) groups excluding carboxylic acids is 1. The predicted molar refractivity (Wildman–Crippen MR) is 76.7 cm³/mol. The fourth-order valence-corrected chi connectivity index (χ4v) is 3.30. The van der Waals surface area contributed by atoms with Crippen molar-refractivity contribution in [2.75, 3.05) is 19.6 Å². The molecule has 2 saturated carbocycles. The van der Waals surface area contributed by atoms with Crippen molar-refractivity contribution in [2.45, 2.75) is 44.6 Å². The van der Waals surface area contributed by atoms with Crippen molar-refractivity contribution in [3.63, 3.8) is 0 Å². The molecule has 1 amide bonds. The first-order valence-electron chi connectivity index (χ1n) is 7.25. The van der Waals surface area contributed by atoms with Crippen molar-refractivity contribution in [3.8, 4) is 0 Å². The first-order valence-corrected chi connectivity index (χ1v) is 8.13. The van der Waals surface area contributed by atoms with Crippen LogP contribution in [0.3, 0.4) is 0 Å². The Bertz CT molecular complexity index is 451. The largest absolute Gasteiger partial charge is 0.350 e. The Hall–Kier alpha value is -0.940. The molecular formula is C14H21N3OS. The summed E-state index contributed by atoms with van der Waals surface area (Å²) in [6.45, 7) is 4.97. The number of likely N-dealkylation sites (N-methyl/N-ethyl adjacent to an activating group) is 1. The number of thiazole rings is 1. The summed E-state index contributed by atoms with van der Waals surface area (Å²) in [5, 5.41) is 3.05. The molecule has 19 heavy (non-hydrogen) atoms. The van der Waals surface area contributed by atoms with Gasteiger partial charge in [0.1, 0.15) is 4.88 Å². The van der Waals surface area contributed by atoms with Gasteiger partial charge in [-0.1, -0.05) is 6.92 Å². The fourth-order valence-electron chi connectivity index (χ4n) is 2.50. The summed E-state index contributed by atoms with van der Waals surface area (Å²) in [6, 6.07) is 0.771. The molecule has 4 nitrogen and oxygen atoms in total. The number of amides is 1. The van der Waals surface area contributed by atoms with E-state index < -0.39 is 0 Å². The van der Waals surface area contributed by atoms with E-state index in [2.05, 4.69) is 22.1 Å². The van der Waals surface area contributed by atoms with Crippen LogP contribution >= 0.6 is 11.3 Å². The number of aromatic nitrogens is 1. The van der Waals surface area contributed by atoms with E-state index in [1.54, 1.807) is 5.51 Å². The Morgan fingerprint density at radius 2 is 2.26 bits per heavy atom. The number of carbonyl (C=O) groups is 1. The fraction of sp³-hybridized carbons (Fsp3) is 0.714. The molecule has 1 N–H and O–H groups in total. The molecule has 5 heteroatoms. The molecule has 1 aromatic rings. The molecule has 0 aliphatic heterocycles. The van der Waals surface area contributed by atoms with E-state index in [1.165, 1.54) is 37.0 Å². The number of rotatable bonds is 7. The molecule has 2 aliphatic rings. The van der Waals surface area contributed by atoms with E-state index in [9.17, 15) is 4.79 Å². The van der Waals surface area contributed by atoms with Gasteiger partial charge < -0.3 is 5.32 Å². The lowest BCUT2D eigenvalue weighted by atomic mass is 10.2. The molecule has 2 fully saturated rings. The highest BCUT2D eigenvalue weighted by molar-refractivity contribution is 7.11. The highest BCUT2D eigenvalue weighted by atomic mass is 32.1. The minimum atomic E-state index is 0.0660. The van der Waals surface area contributed by atoms with Crippen LogP contribution < -0.4 is 5.32 Å². The molecule has 0 spiro atoms. The Balaban J connectivity index is 1.49. The van der Waals surface area contributed by atoms with Gasteiger partial charge >= 0.3 is 0 Å². The lowest BCUT2D eigenvalue weighted by molar-refractivity contribution is 0.0951. The van der Waals surface area contributed by atoms with Gasteiger partial charge in [0, 0.05) is 25.0 Å². The van der Waals surface area contributed by atoms with E-state index in [4.69, 9.17) is 0 Å². The van der Waals surface area contributed by atoms with Gasteiger partial charge in [-0.3, -0.25) is 9.69 Å². The van der Waals surface area contributed by atoms with Crippen LogP contribution in [0.15, 0.2) is 5.51 Å². The Kier molecular flexibility index (Phi) is 3.84. The summed E-state index contributed by atoms with van der Waals surface area (Å²) in [7, 11) is 0. The molecule has 0 bridgehead atoms. The van der Waals surface area contributed by atoms with Gasteiger partial charge in [-0.05, 0) is 32.2 Å². The zero-order chi connectivity index (χ0) is 13.2. The average Bonchev–Trinajstić information content (AvgIpc) is 3.34. The lowest BCUT2D eigenvalue weighted by Crippen LogP contribution is -2.36. The molecule has 2 aliphatic carbocycles. The van der Waals surface area contributed by atoms with E-state index in [1.807, 2.05) is 0 Å². The SMILES string of the molecule is CCN(CCNC(=O)c1scnc1C1CC1)C1CC1. The van der Waals surface area contributed by atoms with Gasteiger partial charge in [0.25, 0.3) is 5.91 Å². The van der Waals surface area contributed by atoms with Crippen LogP contribution in [-0.2, 0) is 0 Å². The van der Waals surface area contributed by atoms with Gasteiger partial charge in [-0.2, -0.15) is 0 Å². The molecular weight excluding hydrogens is 258 g/mol. The molecule has 1 aromatic heterocycles. The monoisotopic (exact) mass is 279 g/mol. The summed E-state index contributed by atoms with van der Waals surface area (Å²) < 4.78 is 0. The first kappa shape index (κ1) is 13.1. The van der Waals surface area contributed by atoms with Crippen LogP contribution in [0.1, 0.15) is 53.9 Å². The molecule has 3 rings (SSSR count). The lowest BCUT2D eigenvalue weighted by Gasteiger charge is -2.19. The number of hydrogen-bond donors (Lipinski definition) is 1. The summed E-state index contributed by atoms with van der Waals surface area (Å²) >= 11 is 1.47. The normalized spacial score (nSPS) is 18.8. The Morgan fingerprint density at radius 1 is 1.47 bits per heavy atom. The van der Waals surface area contributed by atoms with Gasteiger partial charge in [-0.25, -0.2) is 4.98 Å². The third-order valence-electron chi connectivity index (χ3n) is 3.92. The molecule has 104 valence electrons. The van der Waals surface area contributed by atoms with E-state index in [0.717, 1.165) is 36.2 Å². The third kappa shape index (κ3) is 3.15. The molecule has 0 radical (unpaired) electrons. The van der Waals surface area contributed by atoms with Gasteiger partial charge in [-0.15, -0.1) is 11.3 Å². The molecule has 1 heterocycles. The minimum absolute atomic E-state index is 0.0660. The maximum atomic E-state index is 12.2. The molecule has 0 unspecified atom stereocenters. The van der Waals surface area contributed by atoms with Gasteiger partial charge in [0.05, 0.1) is 11.2 Å². The van der Waals surface area contributed by atoms with Crippen LogP contribution in [0.25, 0.3) is 0 Å². The maximum Gasteiger partial charge on any atom is 0.263 e. The van der Waals surface area contributed by atoms with Gasteiger partial charge in [0.15, 0.2) is 0 Å². The van der Waals surface area contributed by atoms with Crippen molar-refractivity contribution in [3.05, 3.63) is 16.1 Å². The van der Waals surface area contributed by atoms with Crippen molar-refractivity contribution in [1.82, 2.24) is 15.2 Å². The minimum Gasteiger partial charge on any atom is -0.350 e. The molecule has 0 saturated heterocycles. The standard InChI is InChI=1S/C14H21N3OS/c1-2-17(11-5-6-11)8-7-15-14(18)13-12(10-3-4-10)16-9-19-13/h9-11H,2-8H2,1H3,(H,15,18). The average molecular weight is 279 g/mol. The Morgan fingerprint density at radius 3 is 2.89 bits per heavy atom. The zero-order valence-corrected chi connectivity index (χ0v) is 12.2. The summed E-state index contributed by atoms with van der Waals surface area (Å²) in [4.78, 5) is 19.8. The van der Waals surface area contributed by atoms with E-state index in [0.29, 0.717) is 5.92 Å². The van der Waals surface area contributed by atoms with Crippen molar-refractivity contribution < 1.29 is 4.79 Å². The molecule has 0 atom stereocenters. The topological polar surface area (TPSA) is 45.2 Å². The van der Waals surface area contributed by atoms with Crippen molar-refractivity contribution in [2.24, 2.45) is 0 Å². The van der Waals surface area contributed by atoms with Crippen LogP contribution in [0.2, 0.25) is 0 Å². The zero-order valence-electron chi connectivity index (χ0n) is 11.4. The second-order valence-corrected chi connectivity index (χ2v) is 6.31. The van der Waals surface area contributed by atoms with Crippen LogP contribution in [0, 0.1) is 0 Å². The first-order chi connectivity index (χ1) is 9.29. The van der Waals surface area contributed by atoms with Crippen LogP contribution in [-0.4, -0.2) is 41.5 Å². The van der Waals surface area contributed by atoms with Gasteiger partial charge in [0.2, 0.25) is 0 Å². The number of hydrogen-bond acceptors (Lipinski definition) is 4. The predicted octanol–water partition coefficient (Wildman–Crippen LogP) is 2.23. The van der Waals surface area contributed by atoms with E-state index in [-0.39, 0.29) is 5.91 Å². The second kappa shape index (κ2) is 5.59. The quantitative estimate of drug-likeness (QED) is 0.832. The molecule has 0 aromatic carbocycles. The van der Waals surface area contributed by atoms with E-state index >= 15 is 0 Å². The van der Waals surface area contributed by atoms with Crippen LogP contribution in [0.4, 0.5) is 0 Å². The highest BCUT2D eigenvalue weighted by Crippen LogP contribution is 2.41.